The van der Waals surface area contributed by atoms with Crippen molar-refractivity contribution in [1.82, 2.24) is 4.98 Å². The van der Waals surface area contributed by atoms with Gasteiger partial charge in [0.15, 0.2) is 0 Å². The van der Waals surface area contributed by atoms with Crippen molar-refractivity contribution in [2.24, 2.45) is 0 Å². The van der Waals surface area contributed by atoms with Gasteiger partial charge in [-0.05, 0) is 48.0 Å². The summed E-state index contributed by atoms with van der Waals surface area (Å²) < 4.78 is 5.77. The lowest BCUT2D eigenvalue weighted by molar-refractivity contribution is 0.102. The highest BCUT2D eigenvalue weighted by molar-refractivity contribution is 6.04. The lowest BCUT2D eigenvalue weighted by Gasteiger charge is -2.10. The van der Waals surface area contributed by atoms with Gasteiger partial charge >= 0.3 is 0 Å². The third-order valence-electron chi connectivity index (χ3n) is 4.43. The van der Waals surface area contributed by atoms with Crippen molar-refractivity contribution in [3.63, 3.8) is 0 Å². The molecule has 5 nitrogen and oxygen atoms in total. The number of anilines is 2. The van der Waals surface area contributed by atoms with Crippen LogP contribution in [0, 0.1) is 0 Å². The second-order valence-electron chi connectivity index (χ2n) is 6.70. The van der Waals surface area contributed by atoms with Crippen molar-refractivity contribution in [3.05, 3.63) is 115 Å². The number of hydrogen-bond donors (Lipinski definition) is 2. The van der Waals surface area contributed by atoms with Crippen molar-refractivity contribution in [1.29, 1.82) is 0 Å². The topological polar surface area (TPSA) is 63.2 Å². The Bertz CT molecular complexity index is 1100. The molecule has 0 unspecified atom stereocenters. The number of pyridine rings is 1. The predicted molar refractivity (Wildman–Crippen MR) is 119 cm³/mol. The van der Waals surface area contributed by atoms with Gasteiger partial charge in [-0.2, -0.15) is 0 Å². The van der Waals surface area contributed by atoms with Crippen LogP contribution < -0.4 is 15.4 Å². The molecule has 4 rings (SSSR count). The number of hydrogen-bond acceptors (Lipinski definition) is 4. The maximum Gasteiger partial charge on any atom is 0.257 e. The highest BCUT2D eigenvalue weighted by Crippen LogP contribution is 2.23. The number of para-hydroxylation sites is 1. The minimum Gasteiger partial charge on any atom is -0.457 e. The van der Waals surface area contributed by atoms with Gasteiger partial charge < -0.3 is 15.4 Å². The summed E-state index contributed by atoms with van der Waals surface area (Å²) in [5, 5.41) is 6.18. The molecule has 0 aliphatic rings. The van der Waals surface area contributed by atoms with E-state index in [1.54, 1.807) is 30.6 Å². The van der Waals surface area contributed by atoms with Crippen molar-refractivity contribution in [2.45, 2.75) is 6.54 Å². The molecular weight excluding hydrogens is 374 g/mol. The molecule has 1 aromatic heterocycles. The number of benzene rings is 3. The van der Waals surface area contributed by atoms with E-state index in [1.165, 1.54) is 0 Å². The molecule has 148 valence electrons. The zero-order valence-electron chi connectivity index (χ0n) is 16.3. The van der Waals surface area contributed by atoms with Gasteiger partial charge in [-0.15, -0.1) is 0 Å². The molecule has 2 N–H and O–H groups in total. The van der Waals surface area contributed by atoms with E-state index in [4.69, 9.17) is 4.74 Å². The van der Waals surface area contributed by atoms with Crippen LogP contribution in [-0.4, -0.2) is 10.9 Å². The molecule has 30 heavy (non-hydrogen) atoms. The normalized spacial score (nSPS) is 10.3. The summed E-state index contributed by atoms with van der Waals surface area (Å²) in [6.07, 6.45) is 3.26. The fourth-order valence-electron chi connectivity index (χ4n) is 2.89. The number of nitrogens with one attached hydrogen (secondary N) is 2. The van der Waals surface area contributed by atoms with Gasteiger partial charge in [-0.25, -0.2) is 0 Å². The first-order valence-corrected chi connectivity index (χ1v) is 9.63. The Morgan fingerprint density at radius 3 is 2.17 bits per heavy atom. The molecule has 5 heteroatoms. The Labute approximate surface area is 175 Å². The van der Waals surface area contributed by atoms with Crippen LogP contribution in [0.4, 0.5) is 11.4 Å². The molecule has 1 amide bonds. The first-order chi connectivity index (χ1) is 14.8. The van der Waals surface area contributed by atoms with Gasteiger partial charge in [0.25, 0.3) is 5.91 Å². The second kappa shape index (κ2) is 9.39. The molecule has 0 aliphatic carbocycles. The smallest absolute Gasteiger partial charge is 0.257 e. The number of carbonyl (C=O) groups excluding carboxylic acids is 1. The SMILES string of the molecule is O=C(Nc1ccc(Oc2ccccc2)cc1)c1cncc(NCc2ccccc2)c1. The van der Waals surface area contributed by atoms with Gasteiger partial charge in [0.2, 0.25) is 0 Å². The predicted octanol–water partition coefficient (Wildman–Crippen LogP) is 5.74. The van der Waals surface area contributed by atoms with Crippen LogP contribution in [0.5, 0.6) is 11.5 Å². The minimum absolute atomic E-state index is 0.220. The number of amides is 1. The van der Waals surface area contributed by atoms with E-state index in [9.17, 15) is 4.79 Å². The average Bonchev–Trinajstić information content (AvgIpc) is 2.80. The molecule has 4 aromatic rings. The number of rotatable bonds is 7. The fraction of sp³-hybridized carbons (Fsp3) is 0.0400. The molecule has 0 atom stereocenters. The van der Waals surface area contributed by atoms with Crippen LogP contribution in [0.15, 0.2) is 103 Å². The molecule has 0 radical (unpaired) electrons. The Morgan fingerprint density at radius 2 is 1.43 bits per heavy atom. The number of nitrogens with zero attached hydrogens (tertiary/aromatic N) is 1. The van der Waals surface area contributed by atoms with Gasteiger partial charge in [0, 0.05) is 24.6 Å². The summed E-state index contributed by atoms with van der Waals surface area (Å²) in [4.78, 5) is 16.8. The van der Waals surface area contributed by atoms with E-state index in [0.717, 1.165) is 17.0 Å². The summed E-state index contributed by atoms with van der Waals surface area (Å²) in [5.74, 6) is 1.25. The first-order valence-electron chi connectivity index (χ1n) is 9.63. The fourth-order valence-corrected chi connectivity index (χ4v) is 2.89. The van der Waals surface area contributed by atoms with Crippen LogP contribution in [-0.2, 0) is 6.54 Å². The van der Waals surface area contributed by atoms with Crippen LogP contribution in [0.1, 0.15) is 15.9 Å². The summed E-state index contributed by atoms with van der Waals surface area (Å²) in [5.41, 5.74) is 3.11. The second-order valence-corrected chi connectivity index (χ2v) is 6.70. The van der Waals surface area contributed by atoms with Gasteiger partial charge in [0.1, 0.15) is 11.5 Å². The molecule has 1 heterocycles. The van der Waals surface area contributed by atoms with Gasteiger partial charge in [-0.1, -0.05) is 48.5 Å². The summed E-state index contributed by atoms with van der Waals surface area (Å²) in [6, 6.07) is 28.7. The minimum atomic E-state index is -0.220. The standard InChI is InChI=1S/C25H21N3O2/c29-25(20-15-22(18-26-17-20)27-16-19-7-3-1-4-8-19)28-21-11-13-24(14-12-21)30-23-9-5-2-6-10-23/h1-15,17-18,27H,16H2,(H,28,29). The van der Waals surface area contributed by atoms with E-state index < -0.39 is 0 Å². The highest BCUT2D eigenvalue weighted by Gasteiger charge is 2.08. The number of aromatic nitrogens is 1. The summed E-state index contributed by atoms with van der Waals surface area (Å²) >= 11 is 0. The van der Waals surface area contributed by atoms with Crippen molar-refractivity contribution in [2.75, 3.05) is 10.6 Å². The van der Waals surface area contributed by atoms with Crippen molar-refractivity contribution < 1.29 is 9.53 Å². The first kappa shape index (κ1) is 19.2. The van der Waals surface area contributed by atoms with Crippen LogP contribution in [0.2, 0.25) is 0 Å². The lowest BCUT2D eigenvalue weighted by Crippen LogP contribution is -2.12. The van der Waals surface area contributed by atoms with E-state index >= 15 is 0 Å². The maximum atomic E-state index is 12.6. The zero-order valence-corrected chi connectivity index (χ0v) is 16.3. The molecule has 0 saturated carbocycles. The van der Waals surface area contributed by atoms with Gasteiger partial charge in [-0.3, -0.25) is 9.78 Å². The summed E-state index contributed by atoms with van der Waals surface area (Å²) in [7, 11) is 0. The van der Waals surface area contributed by atoms with Crippen LogP contribution in [0.3, 0.4) is 0 Å². The average molecular weight is 395 g/mol. The Hall–Kier alpha value is -4.12. The maximum absolute atomic E-state index is 12.6. The molecule has 0 saturated heterocycles. The molecule has 0 spiro atoms. The third-order valence-corrected chi connectivity index (χ3v) is 4.43. The van der Waals surface area contributed by atoms with Crippen LogP contribution in [0.25, 0.3) is 0 Å². The quantitative estimate of drug-likeness (QED) is 0.419. The largest absolute Gasteiger partial charge is 0.457 e. The van der Waals surface area contributed by atoms with E-state index in [2.05, 4.69) is 15.6 Å². The zero-order chi connectivity index (χ0) is 20.6. The van der Waals surface area contributed by atoms with E-state index in [0.29, 0.717) is 23.5 Å². The monoisotopic (exact) mass is 395 g/mol. The van der Waals surface area contributed by atoms with Crippen LogP contribution >= 0.6 is 0 Å². The molecule has 0 fully saturated rings. The van der Waals surface area contributed by atoms with E-state index in [1.807, 2.05) is 72.8 Å². The molecule has 0 aliphatic heterocycles. The molecule has 0 bridgehead atoms. The Kier molecular flexibility index (Phi) is 6.01. The molecule has 3 aromatic carbocycles. The van der Waals surface area contributed by atoms with E-state index in [-0.39, 0.29) is 5.91 Å². The Morgan fingerprint density at radius 1 is 0.767 bits per heavy atom. The van der Waals surface area contributed by atoms with Gasteiger partial charge in [0.05, 0.1) is 11.3 Å². The lowest BCUT2D eigenvalue weighted by atomic mass is 10.2. The number of ether oxygens (including phenoxy) is 1. The summed E-state index contributed by atoms with van der Waals surface area (Å²) in [6.45, 7) is 0.663. The Balaban J connectivity index is 1.36. The van der Waals surface area contributed by atoms with Crippen molar-refractivity contribution >= 4 is 17.3 Å². The number of carbonyl (C=O) groups is 1. The van der Waals surface area contributed by atoms with Crippen molar-refractivity contribution in [3.8, 4) is 11.5 Å². The molecular formula is C25H21N3O2. The highest BCUT2D eigenvalue weighted by atomic mass is 16.5. The third kappa shape index (κ3) is 5.23.